The van der Waals surface area contributed by atoms with Crippen LogP contribution in [0.5, 0.6) is 5.75 Å². The summed E-state index contributed by atoms with van der Waals surface area (Å²) in [7, 11) is -2.22. The number of nitrogens with zero attached hydrogens (tertiary/aromatic N) is 2. The lowest BCUT2D eigenvalue weighted by Gasteiger charge is -2.21. The van der Waals surface area contributed by atoms with E-state index in [-0.39, 0.29) is 29.8 Å². The number of aryl methyl sites for hydroxylation is 1. The smallest absolute Gasteiger partial charge is 0.330 e. The molecular formula is C15H21N3O5S. The Balaban J connectivity index is 2.12. The standard InChI is InChI=1S/C15H21N3O5S/c1-10(2)17(3)15(21)7-5-11-4-6-12(13(19)8-11)18-9-14(20)16-24(18,22)23/h4,6,8-10,16,19-20H,5,7H2,1-3H3. The van der Waals surface area contributed by atoms with E-state index in [1.165, 1.54) is 12.1 Å². The summed E-state index contributed by atoms with van der Waals surface area (Å²) in [6, 6.07) is 4.59. The number of amides is 1. The van der Waals surface area contributed by atoms with E-state index in [4.69, 9.17) is 0 Å². The van der Waals surface area contributed by atoms with E-state index in [1.807, 2.05) is 18.6 Å². The second kappa shape index (κ2) is 6.60. The van der Waals surface area contributed by atoms with E-state index in [0.29, 0.717) is 12.0 Å². The van der Waals surface area contributed by atoms with Gasteiger partial charge in [-0.2, -0.15) is 8.42 Å². The number of nitrogens with one attached hydrogen (secondary N) is 1. The summed E-state index contributed by atoms with van der Waals surface area (Å²) >= 11 is 0. The third-order valence-corrected chi connectivity index (χ3v) is 5.09. The van der Waals surface area contributed by atoms with Gasteiger partial charge in [0.1, 0.15) is 11.4 Å². The quantitative estimate of drug-likeness (QED) is 0.735. The zero-order valence-electron chi connectivity index (χ0n) is 13.7. The molecule has 0 atom stereocenters. The molecule has 0 radical (unpaired) electrons. The van der Waals surface area contributed by atoms with Crippen molar-refractivity contribution >= 4 is 21.8 Å². The van der Waals surface area contributed by atoms with Crippen molar-refractivity contribution in [3.63, 3.8) is 0 Å². The zero-order chi connectivity index (χ0) is 18.1. The molecule has 0 saturated heterocycles. The van der Waals surface area contributed by atoms with Crippen molar-refractivity contribution < 1.29 is 23.4 Å². The van der Waals surface area contributed by atoms with Crippen LogP contribution in [0.1, 0.15) is 25.8 Å². The summed E-state index contributed by atoms with van der Waals surface area (Å²) in [5, 5.41) is 19.4. The molecule has 1 aliphatic rings. The Morgan fingerprint density at radius 1 is 1.33 bits per heavy atom. The van der Waals surface area contributed by atoms with Gasteiger partial charge in [-0.3, -0.25) is 4.79 Å². The Hall–Kier alpha value is -2.42. The first kappa shape index (κ1) is 17.9. The normalized spacial score (nSPS) is 16.0. The SMILES string of the molecule is CC(C)N(C)C(=O)CCc1ccc(N2C=C(O)NS2(=O)=O)c(O)c1. The Morgan fingerprint density at radius 3 is 2.50 bits per heavy atom. The Kier molecular flexibility index (Phi) is 4.93. The van der Waals surface area contributed by atoms with Crippen LogP contribution in [0.4, 0.5) is 5.69 Å². The van der Waals surface area contributed by atoms with Crippen LogP contribution in [-0.2, 0) is 21.4 Å². The van der Waals surface area contributed by atoms with Gasteiger partial charge < -0.3 is 15.1 Å². The van der Waals surface area contributed by atoms with Crippen LogP contribution in [0, 0.1) is 0 Å². The Labute approximate surface area is 141 Å². The van der Waals surface area contributed by atoms with Crippen molar-refractivity contribution in [1.82, 2.24) is 9.62 Å². The van der Waals surface area contributed by atoms with Crippen LogP contribution in [0.25, 0.3) is 0 Å². The lowest BCUT2D eigenvalue weighted by atomic mass is 10.1. The van der Waals surface area contributed by atoms with E-state index >= 15 is 0 Å². The fourth-order valence-electron chi connectivity index (χ4n) is 2.21. The number of aliphatic hydroxyl groups excluding tert-OH is 1. The first-order chi connectivity index (χ1) is 11.1. The van der Waals surface area contributed by atoms with E-state index < -0.39 is 16.1 Å². The molecule has 9 heteroatoms. The van der Waals surface area contributed by atoms with Crippen LogP contribution in [0.2, 0.25) is 0 Å². The maximum Gasteiger partial charge on any atom is 0.330 e. The molecule has 0 aliphatic carbocycles. The monoisotopic (exact) mass is 355 g/mol. The molecule has 3 N–H and O–H groups in total. The molecule has 0 spiro atoms. The third kappa shape index (κ3) is 3.73. The van der Waals surface area contributed by atoms with Gasteiger partial charge in [0.15, 0.2) is 0 Å². The molecule has 0 fully saturated rings. The molecule has 132 valence electrons. The highest BCUT2D eigenvalue weighted by Gasteiger charge is 2.30. The van der Waals surface area contributed by atoms with Gasteiger partial charge in [0.25, 0.3) is 0 Å². The van der Waals surface area contributed by atoms with Gasteiger partial charge in [0.05, 0.1) is 6.20 Å². The van der Waals surface area contributed by atoms with Gasteiger partial charge in [-0.15, -0.1) is 0 Å². The topological polar surface area (TPSA) is 110 Å². The molecule has 1 amide bonds. The van der Waals surface area contributed by atoms with Crippen LogP contribution in [0.3, 0.4) is 0 Å². The number of benzene rings is 1. The molecule has 1 aliphatic heterocycles. The Morgan fingerprint density at radius 2 is 2.00 bits per heavy atom. The third-order valence-electron chi connectivity index (χ3n) is 3.80. The van der Waals surface area contributed by atoms with E-state index in [9.17, 15) is 23.4 Å². The number of anilines is 1. The predicted molar refractivity (Wildman–Crippen MR) is 89.6 cm³/mol. The molecule has 1 aromatic carbocycles. The van der Waals surface area contributed by atoms with Crippen molar-refractivity contribution in [2.45, 2.75) is 32.7 Å². The van der Waals surface area contributed by atoms with Gasteiger partial charge in [-0.1, -0.05) is 6.07 Å². The molecule has 2 rings (SSSR count). The molecule has 0 unspecified atom stereocenters. The first-order valence-electron chi connectivity index (χ1n) is 7.42. The number of hydrogen-bond donors (Lipinski definition) is 3. The molecule has 24 heavy (non-hydrogen) atoms. The molecular weight excluding hydrogens is 334 g/mol. The number of phenolic OH excluding ortho intramolecular Hbond substituents is 1. The van der Waals surface area contributed by atoms with Crippen LogP contribution >= 0.6 is 0 Å². The highest BCUT2D eigenvalue weighted by atomic mass is 32.2. The van der Waals surface area contributed by atoms with Crippen LogP contribution < -0.4 is 9.03 Å². The highest BCUT2D eigenvalue weighted by Crippen LogP contribution is 2.32. The lowest BCUT2D eigenvalue weighted by molar-refractivity contribution is -0.131. The number of hydrogen-bond acceptors (Lipinski definition) is 5. The van der Waals surface area contributed by atoms with Gasteiger partial charge >= 0.3 is 10.2 Å². The van der Waals surface area contributed by atoms with Crippen molar-refractivity contribution in [1.29, 1.82) is 0 Å². The number of aliphatic hydroxyl groups is 1. The fourth-order valence-corrected chi connectivity index (χ4v) is 3.28. The number of carbonyl (C=O) groups is 1. The van der Waals surface area contributed by atoms with Crippen molar-refractivity contribution in [3.8, 4) is 5.75 Å². The first-order valence-corrected chi connectivity index (χ1v) is 8.86. The van der Waals surface area contributed by atoms with Gasteiger partial charge in [-0.25, -0.2) is 9.03 Å². The van der Waals surface area contributed by atoms with Crippen LogP contribution in [0.15, 0.2) is 30.3 Å². The van der Waals surface area contributed by atoms with Gasteiger partial charge in [0, 0.05) is 19.5 Å². The molecule has 8 nitrogen and oxygen atoms in total. The van der Waals surface area contributed by atoms with Gasteiger partial charge in [-0.05, 0) is 38.0 Å². The summed E-state index contributed by atoms with van der Waals surface area (Å²) in [4.78, 5) is 13.6. The summed E-state index contributed by atoms with van der Waals surface area (Å²) < 4.78 is 26.3. The minimum Gasteiger partial charge on any atom is -0.506 e. The van der Waals surface area contributed by atoms with Crippen molar-refractivity contribution in [2.24, 2.45) is 0 Å². The van der Waals surface area contributed by atoms with E-state index in [2.05, 4.69) is 0 Å². The summed E-state index contributed by atoms with van der Waals surface area (Å²) in [6.45, 7) is 3.85. The predicted octanol–water partition coefficient (Wildman–Crippen LogP) is 1.20. The number of phenols is 1. The average molecular weight is 355 g/mol. The highest BCUT2D eigenvalue weighted by molar-refractivity contribution is 7.91. The molecule has 1 heterocycles. The largest absolute Gasteiger partial charge is 0.506 e. The lowest BCUT2D eigenvalue weighted by Crippen LogP contribution is -2.33. The fraction of sp³-hybridized carbons (Fsp3) is 0.400. The summed E-state index contributed by atoms with van der Waals surface area (Å²) in [6.07, 6.45) is 1.68. The zero-order valence-corrected chi connectivity index (χ0v) is 14.5. The van der Waals surface area contributed by atoms with Crippen LogP contribution in [-0.4, -0.2) is 42.5 Å². The second-order valence-corrected chi connectivity index (χ2v) is 7.39. The molecule has 0 bridgehead atoms. The molecule has 0 aromatic heterocycles. The Bertz CT molecular complexity index is 773. The van der Waals surface area contributed by atoms with Crippen molar-refractivity contribution in [2.75, 3.05) is 11.4 Å². The number of rotatable bonds is 5. The maximum absolute atomic E-state index is 12.0. The van der Waals surface area contributed by atoms with E-state index in [0.717, 1.165) is 10.5 Å². The number of aromatic hydroxyl groups is 1. The average Bonchev–Trinajstić information content (AvgIpc) is 2.76. The van der Waals surface area contributed by atoms with E-state index in [1.54, 1.807) is 18.0 Å². The molecule has 1 aromatic rings. The molecule has 0 saturated carbocycles. The van der Waals surface area contributed by atoms with Crippen molar-refractivity contribution in [3.05, 3.63) is 35.8 Å². The summed E-state index contributed by atoms with van der Waals surface area (Å²) in [5.41, 5.74) is 0.723. The van der Waals surface area contributed by atoms with Gasteiger partial charge in [0.2, 0.25) is 11.8 Å². The second-order valence-electron chi connectivity index (χ2n) is 5.84. The minimum absolute atomic E-state index is 0.00672. The minimum atomic E-state index is -3.95. The number of carbonyl (C=O) groups excluding carboxylic acids is 1. The maximum atomic E-state index is 12.0. The summed E-state index contributed by atoms with van der Waals surface area (Å²) in [5.74, 6) is -0.790.